The van der Waals surface area contributed by atoms with Crippen LogP contribution in [0.5, 0.6) is 0 Å². The number of carbonyl (C=O) groups is 4. The normalized spacial score (nSPS) is 13.5. The molecule has 42 heavy (non-hydrogen) atoms. The summed E-state index contributed by atoms with van der Waals surface area (Å²) < 4.78 is 10.5. The Balaban J connectivity index is 0.00000431. The Kier molecular flexibility index (Phi) is 17.3. The maximum Gasteiger partial charge on any atom is 0.308 e. The topological polar surface area (TPSA) is 124 Å². The molecule has 2 rings (SSSR count). The number of hydrogen-bond acceptors (Lipinski definition) is 8. The number of thiazole rings is 1. The second-order valence-corrected chi connectivity index (χ2v) is 11.3. The van der Waals surface area contributed by atoms with Gasteiger partial charge >= 0.3 is 11.9 Å². The number of ether oxygens (including phenoxy) is 2. The average Bonchev–Trinajstić information content (AvgIpc) is 3.46. The molecule has 0 saturated carbocycles. The third kappa shape index (κ3) is 13.1. The number of amides is 2. The fourth-order valence-electron chi connectivity index (χ4n) is 4.36. The van der Waals surface area contributed by atoms with Crippen LogP contribution in [0.25, 0.3) is 0 Å². The Hall–Kier alpha value is -3.27. The van der Waals surface area contributed by atoms with E-state index in [-0.39, 0.29) is 41.5 Å². The number of benzene rings is 1. The third-order valence-electron chi connectivity index (χ3n) is 6.62. The van der Waals surface area contributed by atoms with E-state index in [1.54, 1.807) is 12.3 Å². The van der Waals surface area contributed by atoms with E-state index < -0.39 is 18.0 Å². The summed E-state index contributed by atoms with van der Waals surface area (Å²) >= 11 is 1.23. The molecule has 0 aliphatic heterocycles. The van der Waals surface area contributed by atoms with Gasteiger partial charge in [-0.3, -0.25) is 19.2 Å². The molecular weight excluding hydrogens is 554 g/mol. The van der Waals surface area contributed by atoms with E-state index in [0.717, 1.165) is 18.4 Å². The fraction of sp³-hybridized carbons (Fsp3) is 0.594. The summed E-state index contributed by atoms with van der Waals surface area (Å²) in [5.74, 6) is -1.53. The van der Waals surface area contributed by atoms with Crippen LogP contribution in [0.3, 0.4) is 0 Å². The second kappa shape index (κ2) is 19.8. The zero-order chi connectivity index (χ0) is 31.7. The van der Waals surface area contributed by atoms with E-state index in [4.69, 9.17) is 9.47 Å². The molecule has 0 fully saturated rings. The number of methoxy groups -OCH3 is 1. The number of nitrogens with zero attached hydrogens (tertiary/aromatic N) is 1. The van der Waals surface area contributed by atoms with Gasteiger partial charge in [0.25, 0.3) is 5.91 Å². The van der Waals surface area contributed by atoms with E-state index in [1.165, 1.54) is 25.4 Å². The van der Waals surface area contributed by atoms with Crippen LogP contribution in [-0.4, -0.2) is 47.9 Å². The van der Waals surface area contributed by atoms with Gasteiger partial charge in [-0.15, -0.1) is 11.3 Å². The quantitative estimate of drug-likeness (QED) is 0.224. The van der Waals surface area contributed by atoms with E-state index in [2.05, 4.69) is 15.6 Å². The number of carbonyl (C=O) groups excluding carboxylic acids is 4. The van der Waals surface area contributed by atoms with E-state index in [9.17, 15) is 19.2 Å². The van der Waals surface area contributed by atoms with E-state index in [1.807, 2.05) is 65.0 Å². The lowest BCUT2D eigenvalue weighted by molar-refractivity contribution is -0.147. The first-order chi connectivity index (χ1) is 20.0. The molecule has 10 heteroatoms. The number of esters is 2. The van der Waals surface area contributed by atoms with Gasteiger partial charge in [0.2, 0.25) is 5.91 Å². The van der Waals surface area contributed by atoms with Crippen LogP contribution in [0.2, 0.25) is 0 Å². The molecule has 0 saturated heterocycles. The minimum atomic E-state index is -0.706. The summed E-state index contributed by atoms with van der Waals surface area (Å²) in [6, 6.07) is 9.15. The molecule has 0 bridgehead atoms. The maximum absolute atomic E-state index is 13.3. The maximum atomic E-state index is 13.3. The fourth-order valence-corrected chi connectivity index (χ4v) is 5.20. The van der Waals surface area contributed by atoms with Crippen molar-refractivity contribution < 1.29 is 28.7 Å². The summed E-state index contributed by atoms with van der Waals surface area (Å²) in [5, 5.41) is 8.20. The molecule has 234 valence electrons. The lowest BCUT2D eigenvalue weighted by Gasteiger charge is -2.26. The summed E-state index contributed by atoms with van der Waals surface area (Å²) in [4.78, 5) is 54.2. The van der Waals surface area contributed by atoms with Crippen molar-refractivity contribution in [3.63, 3.8) is 0 Å². The second-order valence-electron chi connectivity index (χ2n) is 10.4. The highest BCUT2D eigenvalue weighted by Gasteiger charge is 2.28. The molecule has 1 heterocycles. The Labute approximate surface area is 255 Å². The Morgan fingerprint density at radius 1 is 1.00 bits per heavy atom. The van der Waals surface area contributed by atoms with Crippen molar-refractivity contribution in [3.05, 3.63) is 52.0 Å². The smallest absolute Gasteiger partial charge is 0.308 e. The van der Waals surface area contributed by atoms with Gasteiger partial charge in [-0.2, -0.15) is 0 Å². The Morgan fingerprint density at radius 3 is 2.24 bits per heavy atom. The first kappa shape index (κ1) is 36.8. The van der Waals surface area contributed by atoms with Gasteiger partial charge in [0.15, 0.2) is 6.10 Å². The molecule has 0 aliphatic rings. The number of nitrogens with one attached hydrogen (secondary N) is 2. The van der Waals surface area contributed by atoms with Gasteiger partial charge < -0.3 is 20.1 Å². The third-order valence-corrected chi connectivity index (χ3v) is 7.55. The predicted octanol–water partition coefficient (Wildman–Crippen LogP) is 6.03. The molecule has 0 spiro atoms. The van der Waals surface area contributed by atoms with Gasteiger partial charge in [-0.25, -0.2) is 4.98 Å². The van der Waals surface area contributed by atoms with Crippen molar-refractivity contribution in [2.45, 2.75) is 105 Å². The minimum Gasteiger partial charge on any atom is -0.469 e. The highest BCUT2D eigenvalue weighted by Crippen LogP contribution is 2.29. The first-order valence-corrected chi connectivity index (χ1v) is 15.8. The summed E-state index contributed by atoms with van der Waals surface area (Å²) in [6.07, 6.45) is 2.74. The number of unbranched alkanes of at least 4 members (excludes halogenated alkanes) is 1. The Bertz CT molecular complexity index is 1100. The van der Waals surface area contributed by atoms with Crippen molar-refractivity contribution in [3.8, 4) is 0 Å². The largest absolute Gasteiger partial charge is 0.469 e. The zero-order valence-electron chi connectivity index (χ0n) is 26.4. The van der Waals surface area contributed by atoms with Crippen LogP contribution in [0.15, 0.2) is 35.7 Å². The van der Waals surface area contributed by atoms with Gasteiger partial charge in [0.1, 0.15) is 10.7 Å². The number of aromatic nitrogens is 1. The van der Waals surface area contributed by atoms with Crippen LogP contribution in [0, 0.1) is 11.8 Å². The number of hydrogen-bond donors (Lipinski definition) is 2. The van der Waals surface area contributed by atoms with Crippen LogP contribution in [0.4, 0.5) is 0 Å². The summed E-state index contributed by atoms with van der Waals surface area (Å²) in [6.45, 7) is 13.1. The van der Waals surface area contributed by atoms with Crippen LogP contribution < -0.4 is 10.6 Å². The van der Waals surface area contributed by atoms with Crippen LogP contribution in [-0.2, 0) is 30.3 Å². The van der Waals surface area contributed by atoms with Crippen molar-refractivity contribution in [1.82, 2.24) is 15.6 Å². The zero-order valence-corrected chi connectivity index (χ0v) is 27.2. The molecule has 0 radical (unpaired) electrons. The molecule has 1 aromatic carbocycles. The molecule has 1 aromatic heterocycles. The number of rotatable bonds is 16. The standard InChI is InChI=1S/C30H43N3O6S.C2H6/c1-7-8-14-27(35)32-24(19(2)3)17-26(39-21(5)34)29-33-25(18-40-29)28(36)31-23(15-20(4)30(37)38-6)16-22-12-10-9-11-13-22;1-2/h9-13,18-20,23-24,26H,7-8,14-17H2,1-6H3,(H,31,36)(H,32,35);1-2H3. The molecule has 4 atom stereocenters. The highest BCUT2D eigenvalue weighted by molar-refractivity contribution is 7.09. The molecule has 2 amide bonds. The van der Waals surface area contributed by atoms with Crippen molar-refractivity contribution in [1.29, 1.82) is 0 Å². The monoisotopic (exact) mass is 603 g/mol. The van der Waals surface area contributed by atoms with E-state index in [0.29, 0.717) is 30.7 Å². The van der Waals surface area contributed by atoms with Crippen molar-refractivity contribution in [2.24, 2.45) is 11.8 Å². The molecule has 2 N–H and O–H groups in total. The molecule has 2 aromatic rings. The van der Waals surface area contributed by atoms with Gasteiger partial charge in [-0.05, 0) is 30.7 Å². The summed E-state index contributed by atoms with van der Waals surface area (Å²) in [7, 11) is 1.35. The summed E-state index contributed by atoms with van der Waals surface area (Å²) in [5.41, 5.74) is 1.23. The predicted molar refractivity (Wildman–Crippen MR) is 166 cm³/mol. The Morgan fingerprint density at radius 2 is 1.67 bits per heavy atom. The van der Waals surface area contributed by atoms with Gasteiger partial charge in [-0.1, -0.05) is 78.3 Å². The lowest BCUT2D eigenvalue weighted by atomic mass is 9.96. The van der Waals surface area contributed by atoms with Crippen LogP contribution >= 0.6 is 11.3 Å². The van der Waals surface area contributed by atoms with Crippen molar-refractivity contribution in [2.75, 3.05) is 7.11 Å². The lowest BCUT2D eigenvalue weighted by Crippen LogP contribution is -2.40. The molecule has 9 nitrogen and oxygen atoms in total. The average molecular weight is 604 g/mol. The first-order valence-electron chi connectivity index (χ1n) is 14.9. The minimum absolute atomic E-state index is 0.0352. The SMILES string of the molecule is CC.CCCCC(=O)NC(CC(OC(C)=O)c1nc(C(=O)NC(Cc2ccccc2)CC(C)C(=O)OC)cs1)C(C)C. The molecule has 4 unspecified atom stereocenters. The highest BCUT2D eigenvalue weighted by atomic mass is 32.1. The van der Waals surface area contributed by atoms with E-state index >= 15 is 0 Å². The van der Waals surface area contributed by atoms with Crippen molar-refractivity contribution >= 4 is 35.1 Å². The molecule has 0 aliphatic carbocycles. The van der Waals surface area contributed by atoms with Gasteiger partial charge in [0.05, 0.1) is 13.0 Å². The van der Waals surface area contributed by atoms with Crippen LogP contribution in [0.1, 0.15) is 108 Å². The molecular formula is C32H49N3O6S. The van der Waals surface area contributed by atoms with Gasteiger partial charge in [0, 0.05) is 37.2 Å².